The van der Waals surface area contributed by atoms with Crippen molar-refractivity contribution in [1.82, 2.24) is 15.2 Å². The van der Waals surface area contributed by atoms with E-state index in [0.29, 0.717) is 5.82 Å². The number of aromatic carboxylic acids is 1. The van der Waals surface area contributed by atoms with E-state index in [1.165, 1.54) is 6.07 Å². The van der Waals surface area contributed by atoms with Crippen LogP contribution in [0.3, 0.4) is 0 Å². The summed E-state index contributed by atoms with van der Waals surface area (Å²) in [5, 5.41) is 20.2. The predicted octanol–water partition coefficient (Wildman–Crippen LogP) is 2.11. The standard InChI is InChI=1S/C11H12N4O2S/c1-6-5-12-10(18-6)7(2)13-9-4-3-8(11(16)17)14-15-9/h3-5,7H,1-2H3,(H,13,15)(H,16,17). The number of anilines is 1. The van der Waals surface area contributed by atoms with Gasteiger partial charge in [0.05, 0.1) is 6.04 Å². The van der Waals surface area contributed by atoms with Gasteiger partial charge in [-0.2, -0.15) is 0 Å². The topological polar surface area (TPSA) is 88.0 Å². The number of aromatic nitrogens is 3. The minimum absolute atomic E-state index is 0.00804. The van der Waals surface area contributed by atoms with Crippen molar-refractivity contribution in [3.63, 3.8) is 0 Å². The number of carboxylic acid groups (broad SMARTS) is 1. The summed E-state index contributed by atoms with van der Waals surface area (Å²) >= 11 is 1.61. The van der Waals surface area contributed by atoms with Gasteiger partial charge in [0.15, 0.2) is 5.69 Å². The van der Waals surface area contributed by atoms with Gasteiger partial charge in [-0.05, 0) is 26.0 Å². The van der Waals surface area contributed by atoms with E-state index in [9.17, 15) is 4.79 Å². The van der Waals surface area contributed by atoms with Crippen molar-refractivity contribution in [3.05, 3.63) is 33.9 Å². The molecule has 7 heteroatoms. The number of carboxylic acids is 1. The molecule has 6 nitrogen and oxygen atoms in total. The molecule has 0 aromatic carbocycles. The van der Waals surface area contributed by atoms with Gasteiger partial charge in [0.1, 0.15) is 10.8 Å². The highest BCUT2D eigenvalue weighted by atomic mass is 32.1. The van der Waals surface area contributed by atoms with Crippen molar-refractivity contribution < 1.29 is 9.90 Å². The van der Waals surface area contributed by atoms with Crippen molar-refractivity contribution in [2.75, 3.05) is 5.32 Å². The van der Waals surface area contributed by atoms with Crippen LogP contribution in [0.4, 0.5) is 5.82 Å². The van der Waals surface area contributed by atoms with Crippen LogP contribution in [0.2, 0.25) is 0 Å². The van der Waals surface area contributed by atoms with Crippen LogP contribution >= 0.6 is 11.3 Å². The lowest BCUT2D eigenvalue weighted by atomic mass is 10.3. The van der Waals surface area contributed by atoms with Crippen LogP contribution < -0.4 is 5.32 Å². The third kappa shape index (κ3) is 2.80. The molecule has 2 heterocycles. The number of hydrogen-bond donors (Lipinski definition) is 2. The van der Waals surface area contributed by atoms with Crippen LogP contribution in [0, 0.1) is 6.92 Å². The molecule has 0 saturated heterocycles. The summed E-state index contributed by atoms with van der Waals surface area (Å²) < 4.78 is 0. The highest BCUT2D eigenvalue weighted by molar-refractivity contribution is 7.11. The van der Waals surface area contributed by atoms with Crippen LogP contribution in [-0.4, -0.2) is 26.3 Å². The van der Waals surface area contributed by atoms with E-state index in [2.05, 4.69) is 20.5 Å². The molecule has 18 heavy (non-hydrogen) atoms. The largest absolute Gasteiger partial charge is 0.476 e. The minimum Gasteiger partial charge on any atom is -0.476 e. The van der Waals surface area contributed by atoms with Crippen molar-refractivity contribution in [2.24, 2.45) is 0 Å². The molecule has 0 aliphatic carbocycles. The Labute approximate surface area is 108 Å². The first kappa shape index (κ1) is 12.4. The first-order valence-electron chi connectivity index (χ1n) is 5.32. The molecular formula is C11H12N4O2S. The van der Waals surface area contributed by atoms with E-state index in [4.69, 9.17) is 5.11 Å². The fourth-order valence-electron chi connectivity index (χ4n) is 1.38. The van der Waals surface area contributed by atoms with Crippen LogP contribution in [0.1, 0.15) is 33.3 Å². The molecule has 1 unspecified atom stereocenters. The lowest BCUT2D eigenvalue weighted by molar-refractivity contribution is 0.0689. The maximum Gasteiger partial charge on any atom is 0.356 e. The van der Waals surface area contributed by atoms with Crippen molar-refractivity contribution in [1.29, 1.82) is 0 Å². The van der Waals surface area contributed by atoms with E-state index in [0.717, 1.165) is 9.88 Å². The molecule has 0 amide bonds. The molecule has 1 atom stereocenters. The lowest BCUT2D eigenvalue weighted by Crippen LogP contribution is -2.09. The molecular weight excluding hydrogens is 252 g/mol. The molecule has 0 radical (unpaired) electrons. The average molecular weight is 264 g/mol. The Morgan fingerprint density at radius 1 is 1.44 bits per heavy atom. The summed E-state index contributed by atoms with van der Waals surface area (Å²) in [6, 6.07) is 3.01. The molecule has 0 aliphatic rings. The van der Waals surface area contributed by atoms with Gasteiger partial charge in [-0.15, -0.1) is 21.5 Å². The molecule has 0 fully saturated rings. The molecule has 0 bridgehead atoms. The zero-order chi connectivity index (χ0) is 13.1. The molecule has 94 valence electrons. The van der Waals surface area contributed by atoms with Gasteiger partial charge in [0.2, 0.25) is 0 Å². The number of thiazole rings is 1. The van der Waals surface area contributed by atoms with Crippen molar-refractivity contribution >= 4 is 23.1 Å². The first-order chi connectivity index (χ1) is 8.56. The van der Waals surface area contributed by atoms with E-state index in [1.807, 2.05) is 20.0 Å². The molecule has 0 saturated carbocycles. The second kappa shape index (κ2) is 5.09. The summed E-state index contributed by atoms with van der Waals surface area (Å²) in [5.41, 5.74) is -0.0710. The summed E-state index contributed by atoms with van der Waals surface area (Å²) in [6.45, 7) is 3.96. The number of carbonyl (C=O) groups is 1. The second-order valence-electron chi connectivity index (χ2n) is 3.78. The molecule has 2 rings (SSSR count). The van der Waals surface area contributed by atoms with E-state index in [-0.39, 0.29) is 11.7 Å². The van der Waals surface area contributed by atoms with Gasteiger partial charge in [-0.25, -0.2) is 9.78 Å². The highest BCUT2D eigenvalue weighted by Gasteiger charge is 2.11. The van der Waals surface area contributed by atoms with E-state index in [1.54, 1.807) is 17.4 Å². The summed E-state index contributed by atoms with van der Waals surface area (Å²) in [4.78, 5) is 16.0. The molecule has 0 spiro atoms. The first-order valence-corrected chi connectivity index (χ1v) is 6.14. The Bertz CT molecular complexity index is 552. The van der Waals surface area contributed by atoms with Gasteiger partial charge in [-0.3, -0.25) is 0 Å². The number of hydrogen-bond acceptors (Lipinski definition) is 6. The predicted molar refractivity (Wildman–Crippen MR) is 67.9 cm³/mol. The Kier molecular flexibility index (Phi) is 3.52. The van der Waals surface area contributed by atoms with Gasteiger partial charge >= 0.3 is 5.97 Å². The number of nitrogens with one attached hydrogen (secondary N) is 1. The van der Waals surface area contributed by atoms with Crippen LogP contribution in [0.15, 0.2) is 18.3 Å². The van der Waals surface area contributed by atoms with E-state index >= 15 is 0 Å². The quantitative estimate of drug-likeness (QED) is 0.879. The van der Waals surface area contributed by atoms with Gasteiger partial charge < -0.3 is 10.4 Å². The number of rotatable bonds is 4. The zero-order valence-corrected chi connectivity index (χ0v) is 10.7. The smallest absolute Gasteiger partial charge is 0.356 e. The third-order valence-corrected chi connectivity index (χ3v) is 3.35. The zero-order valence-electron chi connectivity index (χ0n) is 9.91. The normalized spacial score (nSPS) is 12.1. The Hall–Kier alpha value is -2.02. The lowest BCUT2D eigenvalue weighted by Gasteiger charge is -2.10. The van der Waals surface area contributed by atoms with Crippen molar-refractivity contribution in [2.45, 2.75) is 19.9 Å². The second-order valence-corrected chi connectivity index (χ2v) is 5.05. The van der Waals surface area contributed by atoms with Crippen molar-refractivity contribution in [3.8, 4) is 0 Å². The van der Waals surface area contributed by atoms with Gasteiger partial charge in [0.25, 0.3) is 0 Å². The maximum atomic E-state index is 10.6. The Morgan fingerprint density at radius 2 is 2.22 bits per heavy atom. The van der Waals surface area contributed by atoms with Crippen LogP contribution in [-0.2, 0) is 0 Å². The monoisotopic (exact) mass is 264 g/mol. The minimum atomic E-state index is -1.09. The fraction of sp³-hybridized carbons (Fsp3) is 0.273. The Balaban J connectivity index is 2.07. The number of nitrogens with zero attached hydrogens (tertiary/aromatic N) is 3. The van der Waals surface area contributed by atoms with Gasteiger partial charge in [0, 0.05) is 11.1 Å². The molecule has 2 aromatic rings. The highest BCUT2D eigenvalue weighted by Crippen LogP contribution is 2.22. The van der Waals surface area contributed by atoms with Crippen LogP contribution in [0.5, 0.6) is 0 Å². The van der Waals surface area contributed by atoms with E-state index < -0.39 is 5.97 Å². The number of aryl methyl sites for hydroxylation is 1. The van der Waals surface area contributed by atoms with Gasteiger partial charge in [-0.1, -0.05) is 0 Å². The SMILES string of the molecule is Cc1cnc(C(C)Nc2ccc(C(=O)O)nn2)s1. The maximum absolute atomic E-state index is 10.6. The summed E-state index contributed by atoms with van der Waals surface area (Å²) in [5.74, 6) is -0.557. The third-order valence-electron chi connectivity index (χ3n) is 2.26. The molecule has 2 N–H and O–H groups in total. The summed E-state index contributed by atoms with van der Waals surface area (Å²) in [7, 11) is 0. The fourth-order valence-corrected chi connectivity index (χ4v) is 2.16. The average Bonchev–Trinajstić information content (AvgIpc) is 2.76. The molecule has 2 aromatic heterocycles. The summed E-state index contributed by atoms with van der Waals surface area (Å²) in [6.07, 6.45) is 1.82. The van der Waals surface area contributed by atoms with Crippen LogP contribution in [0.25, 0.3) is 0 Å². The molecule has 0 aliphatic heterocycles. The Morgan fingerprint density at radius 3 is 2.72 bits per heavy atom.